The highest BCUT2D eigenvalue weighted by Crippen LogP contribution is 2.09. The third-order valence-corrected chi connectivity index (χ3v) is 1.71. The molecule has 12 heavy (non-hydrogen) atoms. The number of fused-ring (bicyclic) bond motifs is 1. The maximum absolute atomic E-state index is 11.1. The van der Waals surface area contributed by atoms with E-state index in [-0.39, 0.29) is 12.3 Å². The summed E-state index contributed by atoms with van der Waals surface area (Å²) in [5, 5.41) is 2.20. The van der Waals surface area contributed by atoms with Crippen molar-refractivity contribution in [1.82, 2.24) is 10.3 Å². The van der Waals surface area contributed by atoms with Gasteiger partial charge >= 0.3 is 0 Å². The lowest BCUT2D eigenvalue weighted by molar-refractivity contribution is -0.119. The molecule has 0 spiro atoms. The van der Waals surface area contributed by atoms with E-state index in [1.54, 1.807) is 12.1 Å². The maximum Gasteiger partial charge on any atom is 0.276 e. The van der Waals surface area contributed by atoms with Gasteiger partial charge in [0.1, 0.15) is 5.69 Å². The number of carbonyl (C=O) groups is 2. The second-order valence-corrected chi connectivity index (χ2v) is 2.57. The molecule has 0 fully saturated rings. The SMILES string of the molecule is O=C1Cc2cccnc2C(=O)N1. The lowest BCUT2D eigenvalue weighted by Crippen LogP contribution is -2.37. The molecule has 0 unspecified atom stereocenters. The van der Waals surface area contributed by atoms with E-state index in [4.69, 9.17) is 0 Å². The summed E-state index contributed by atoms with van der Waals surface area (Å²) in [6, 6.07) is 3.45. The third kappa shape index (κ3) is 0.972. The largest absolute Gasteiger partial charge is 0.291 e. The molecule has 1 aromatic rings. The molecule has 60 valence electrons. The summed E-state index contributed by atoms with van der Waals surface area (Å²) in [4.78, 5) is 25.8. The van der Waals surface area contributed by atoms with E-state index in [1.807, 2.05) is 0 Å². The molecule has 0 aliphatic carbocycles. The Kier molecular flexibility index (Phi) is 1.40. The third-order valence-electron chi connectivity index (χ3n) is 1.71. The van der Waals surface area contributed by atoms with Gasteiger partial charge < -0.3 is 0 Å². The van der Waals surface area contributed by atoms with Crippen LogP contribution in [0.3, 0.4) is 0 Å². The van der Waals surface area contributed by atoms with Crippen molar-refractivity contribution >= 4 is 11.8 Å². The van der Waals surface area contributed by atoms with Crippen LogP contribution in [0, 0.1) is 0 Å². The van der Waals surface area contributed by atoms with Crippen molar-refractivity contribution in [2.75, 3.05) is 0 Å². The van der Waals surface area contributed by atoms with Crippen molar-refractivity contribution in [2.24, 2.45) is 0 Å². The average Bonchev–Trinajstić information content (AvgIpc) is 2.04. The molecule has 0 aromatic carbocycles. The van der Waals surface area contributed by atoms with Crippen molar-refractivity contribution < 1.29 is 9.59 Å². The number of pyridine rings is 1. The van der Waals surface area contributed by atoms with Crippen LogP contribution >= 0.6 is 0 Å². The maximum atomic E-state index is 11.1. The molecule has 1 N–H and O–H groups in total. The van der Waals surface area contributed by atoms with Gasteiger partial charge in [0.05, 0.1) is 6.42 Å². The van der Waals surface area contributed by atoms with E-state index >= 15 is 0 Å². The van der Waals surface area contributed by atoms with Crippen LogP contribution in [-0.4, -0.2) is 16.8 Å². The number of nitrogens with one attached hydrogen (secondary N) is 1. The van der Waals surface area contributed by atoms with E-state index in [1.165, 1.54) is 6.20 Å². The van der Waals surface area contributed by atoms with E-state index < -0.39 is 5.91 Å². The summed E-state index contributed by atoms with van der Waals surface area (Å²) in [5.74, 6) is -0.664. The molecule has 1 aliphatic heterocycles. The zero-order chi connectivity index (χ0) is 8.55. The number of carbonyl (C=O) groups excluding carboxylic acids is 2. The molecule has 2 rings (SSSR count). The molecule has 4 nitrogen and oxygen atoms in total. The van der Waals surface area contributed by atoms with Gasteiger partial charge in [0.15, 0.2) is 0 Å². The number of aromatic nitrogens is 1. The number of hydrogen-bond donors (Lipinski definition) is 1. The molecule has 1 aliphatic rings. The molecule has 0 atom stereocenters. The van der Waals surface area contributed by atoms with E-state index in [9.17, 15) is 9.59 Å². The van der Waals surface area contributed by atoms with E-state index in [2.05, 4.69) is 10.3 Å². The first-order valence-corrected chi connectivity index (χ1v) is 3.55. The molecule has 0 radical (unpaired) electrons. The first kappa shape index (κ1) is 6.97. The Balaban J connectivity index is 2.54. The molecule has 0 saturated carbocycles. The van der Waals surface area contributed by atoms with Crippen molar-refractivity contribution in [2.45, 2.75) is 6.42 Å². The minimum absolute atomic E-state index is 0.245. The predicted molar refractivity (Wildman–Crippen MR) is 40.4 cm³/mol. The fraction of sp³-hybridized carbons (Fsp3) is 0.125. The monoisotopic (exact) mass is 162 g/mol. The summed E-state index contributed by atoms with van der Waals surface area (Å²) in [7, 11) is 0. The van der Waals surface area contributed by atoms with Crippen LogP contribution in [0.2, 0.25) is 0 Å². The number of hydrogen-bond acceptors (Lipinski definition) is 3. The Hall–Kier alpha value is -1.71. The highest BCUT2D eigenvalue weighted by Gasteiger charge is 2.22. The van der Waals surface area contributed by atoms with Gasteiger partial charge in [-0.2, -0.15) is 0 Å². The smallest absolute Gasteiger partial charge is 0.276 e. The van der Waals surface area contributed by atoms with Gasteiger partial charge in [0.25, 0.3) is 5.91 Å². The normalized spacial score (nSPS) is 15.3. The van der Waals surface area contributed by atoms with Crippen LogP contribution in [0.4, 0.5) is 0 Å². The lowest BCUT2D eigenvalue weighted by atomic mass is 10.1. The van der Waals surface area contributed by atoms with Gasteiger partial charge in [-0.25, -0.2) is 0 Å². The quantitative estimate of drug-likeness (QED) is 0.541. The van der Waals surface area contributed by atoms with Crippen molar-refractivity contribution in [3.8, 4) is 0 Å². The summed E-state index contributed by atoms with van der Waals surface area (Å²) >= 11 is 0. The fourth-order valence-electron chi connectivity index (χ4n) is 1.19. The molecule has 0 bridgehead atoms. The van der Waals surface area contributed by atoms with Gasteiger partial charge in [-0.1, -0.05) is 6.07 Å². The number of amides is 2. The Morgan fingerprint density at radius 2 is 2.25 bits per heavy atom. The van der Waals surface area contributed by atoms with Crippen LogP contribution in [0.1, 0.15) is 16.1 Å². The number of imide groups is 1. The fourth-order valence-corrected chi connectivity index (χ4v) is 1.19. The van der Waals surface area contributed by atoms with E-state index in [0.29, 0.717) is 11.3 Å². The van der Waals surface area contributed by atoms with Crippen LogP contribution in [0.15, 0.2) is 18.3 Å². The molecule has 1 aromatic heterocycles. The second-order valence-electron chi connectivity index (χ2n) is 2.57. The standard InChI is InChI=1S/C8H6N2O2/c11-6-4-5-2-1-3-9-7(5)8(12)10-6/h1-3H,4H2,(H,10,11,12). The molecular formula is C8H6N2O2. The topological polar surface area (TPSA) is 59.1 Å². The summed E-state index contributed by atoms with van der Waals surface area (Å²) in [5.41, 5.74) is 1.06. The highest BCUT2D eigenvalue weighted by atomic mass is 16.2. The second kappa shape index (κ2) is 2.41. The Labute approximate surface area is 68.6 Å². The van der Waals surface area contributed by atoms with Gasteiger partial charge in [0.2, 0.25) is 5.91 Å². The number of rotatable bonds is 0. The van der Waals surface area contributed by atoms with Crippen LogP contribution in [-0.2, 0) is 11.2 Å². The molecule has 2 heterocycles. The Bertz CT molecular complexity index is 360. The van der Waals surface area contributed by atoms with E-state index in [0.717, 1.165) is 0 Å². The minimum atomic E-state index is -0.401. The summed E-state index contributed by atoms with van der Waals surface area (Å²) in [6.07, 6.45) is 1.78. The summed E-state index contributed by atoms with van der Waals surface area (Å²) in [6.45, 7) is 0. The predicted octanol–water partition coefficient (Wildman–Crippen LogP) is -0.106. The first-order chi connectivity index (χ1) is 5.77. The highest BCUT2D eigenvalue weighted by molar-refractivity contribution is 6.08. The van der Waals surface area contributed by atoms with Gasteiger partial charge in [-0.15, -0.1) is 0 Å². The Morgan fingerprint density at radius 3 is 3.08 bits per heavy atom. The van der Waals surface area contributed by atoms with Crippen LogP contribution in [0.25, 0.3) is 0 Å². The molecule has 2 amide bonds. The zero-order valence-electron chi connectivity index (χ0n) is 6.20. The molecule has 0 saturated heterocycles. The summed E-state index contributed by atoms with van der Waals surface area (Å²) < 4.78 is 0. The van der Waals surface area contributed by atoms with Crippen LogP contribution in [0.5, 0.6) is 0 Å². The van der Waals surface area contributed by atoms with Crippen molar-refractivity contribution in [3.63, 3.8) is 0 Å². The Morgan fingerprint density at radius 1 is 1.42 bits per heavy atom. The van der Waals surface area contributed by atoms with Crippen molar-refractivity contribution in [1.29, 1.82) is 0 Å². The zero-order valence-corrected chi connectivity index (χ0v) is 6.20. The van der Waals surface area contributed by atoms with Gasteiger partial charge in [-0.3, -0.25) is 19.9 Å². The molecular weight excluding hydrogens is 156 g/mol. The lowest BCUT2D eigenvalue weighted by Gasteiger charge is -2.12. The average molecular weight is 162 g/mol. The van der Waals surface area contributed by atoms with Gasteiger partial charge in [-0.05, 0) is 11.6 Å². The molecule has 4 heteroatoms. The minimum Gasteiger partial charge on any atom is -0.291 e. The van der Waals surface area contributed by atoms with Gasteiger partial charge in [0, 0.05) is 6.20 Å². The first-order valence-electron chi connectivity index (χ1n) is 3.55. The van der Waals surface area contributed by atoms with Crippen LogP contribution < -0.4 is 5.32 Å². The van der Waals surface area contributed by atoms with Crippen molar-refractivity contribution in [3.05, 3.63) is 29.6 Å². The number of nitrogens with zero attached hydrogens (tertiary/aromatic N) is 1.